The zero-order valence-corrected chi connectivity index (χ0v) is 12.0. The van der Waals surface area contributed by atoms with Gasteiger partial charge in [-0.2, -0.15) is 0 Å². The SMILES string of the molecule is NC(Cc1nc(-c2ccccc2)cs1)CC1OCCO1. The molecule has 1 aliphatic rings. The molecule has 0 amide bonds. The Bertz CT molecular complexity index is 538. The van der Waals surface area contributed by atoms with Gasteiger partial charge in [-0.05, 0) is 0 Å². The molecule has 4 nitrogen and oxygen atoms in total. The average molecular weight is 290 g/mol. The first-order valence-electron chi connectivity index (χ1n) is 6.80. The molecule has 3 rings (SSSR count). The van der Waals surface area contributed by atoms with Crippen LogP contribution in [0.3, 0.4) is 0 Å². The highest BCUT2D eigenvalue weighted by Gasteiger charge is 2.20. The van der Waals surface area contributed by atoms with Gasteiger partial charge in [0.05, 0.1) is 23.9 Å². The van der Waals surface area contributed by atoms with Crippen LogP contribution in [0, 0.1) is 0 Å². The van der Waals surface area contributed by atoms with Crippen molar-refractivity contribution in [2.75, 3.05) is 13.2 Å². The van der Waals surface area contributed by atoms with E-state index in [0.717, 1.165) is 29.1 Å². The predicted octanol–water partition coefficient (Wildman–Crippen LogP) is 2.44. The number of hydrogen-bond acceptors (Lipinski definition) is 5. The molecule has 1 fully saturated rings. The standard InChI is InChI=1S/C15H18N2O2S/c16-12(9-15-18-6-7-19-15)8-14-17-13(10-20-14)11-4-2-1-3-5-11/h1-5,10,12,15H,6-9,16H2. The summed E-state index contributed by atoms with van der Waals surface area (Å²) in [6.07, 6.45) is 1.35. The van der Waals surface area contributed by atoms with Crippen molar-refractivity contribution in [3.8, 4) is 11.3 Å². The van der Waals surface area contributed by atoms with Crippen molar-refractivity contribution in [2.45, 2.75) is 25.2 Å². The molecule has 1 atom stereocenters. The van der Waals surface area contributed by atoms with Crippen LogP contribution in [0.15, 0.2) is 35.7 Å². The molecule has 0 aliphatic carbocycles. The van der Waals surface area contributed by atoms with Crippen molar-refractivity contribution < 1.29 is 9.47 Å². The van der Waals surface area contributed by atoms with Crippen LogP contribution in [0.25, 0.3) is 11.3 Å². The number of aromatic nitrogens is 1. The Balaban J connectivity index is 1.59. The van der Waals surface area contributed by atoms with E-state index in [0.29, 0.717) is 13.2 Å². The van der Waals surface area contributed by atoms with E-state index in [-0.39, 0.29) is 12.3 Å². The summed E-state index contributed by atoms with van der Waals surface area (Å²) >= 11 is 1.66. The molecule has 0 bridgehead atoms. The van der Waals surface area contributed by atoms with E-state index in [9.17, 15) is 0 Å². The molecule has 106 valence electrons. The van der Waals surface area contributed by atoms with Gasteiger partial charge in [-0.1, -0.05) is 30.3 Å². The summed E-state index contributed by atoms with van der Waals surface area (Å²) in [5.41, 5.74) is 8.30. The van der Waals surface area contributed by atoms with Crippen LogP contribution in [0.5, 0.6) is 0 Å². The Morgan fingerprint density at radius 2 is 2.00 bits per heavy atom. The number of hydrogen-bond donors (Lipinski definition) is 1. The second-order valence-electron chi connectivity index (χ2n) is 4.86. The van der Waals surface area contributed by atoms with E-state index in [4.69, 9.17) is 15.2 Å². The summed E-state index contributed by atoms with van der Waals surface area (Å²) < 4.78 is 10.8. The first kappa shape index (κ1) is 13.7. The van der Waals surface area contributed by atoms with E-state index in [1.807, 2.05) is 18.2 Å². The van der Waals surface area contributed by atoms with Crippen molar-refractivity contribution in [1.82, 2.24) is 4.98 Å². The second kappa shape index (κ2) is 6.45. The molecule has 0 radical (unpaired) electrons. The van der Waals surface area contributed by atoms with E-state index in [1.54, 1.807) is 11.3 Å². The Labute approximate surface area is 122 Å². The lowest BCUT2D eigenvalue weighted by atomic mass is 10.1. The minimum atomic E-state index is -0.140. The third-order valence-corrected chi connectivity index (χ3v) is 4.12. The van der Waals surface area contributed by atoms with Gasteiger partial charge in [-0.3, -0.25) is 0 Å². The predicted molar refractivity (Wildman–Crippen MR) is 79.5 cm³/mol. The van der Waals surface area contributed by atoms with Crippen LogP contribution >= 0.6 is 11.3 Å². The third-order valence-electron chi connectivity index (χ3n) is 3.24. The molecule has 20 heavy (non-hydrogen) atoms. The summed E-state index contributed by atoms with van der Waals surface area (Å²) in [7, 11) is 0. The zero-order chi connectivity index (χ0) is 13.8. The summed E-state index contributed by atoms with van der Waals surface area (Å²) in [6, 6.07) is 10.2. The highest BCUT2D eigenvalue weighted by atomic mass is 32.1. The molecule has 5 heteroatoms. The van der Waals surface area contributed by atoms with Crippen LogP contribution in [0.4, 0.5) is 0 Å². The number of thiazole rings is 1. The molecular formula is C15H18N2O2S. The number of ether oxygens (including phenoxy) is 2. The van der Waals surface area contributed by atoms with Gasteiger partial charge >= 0.3 is 0 Å². The smallest absolute Gasteiger partial charge is 0.159 e. The third kappa shape index (κ3) is 3.43. The van der Waals surface area contributed by atoms with Crippen molar-refractivity contribution in [1.29, 1.82) is 0 Å². The maximum absolute atomic E-state index is 6.14. The Morgan fingerprint density at radius 1 is 1.25 bits per heavy atom. The maximum atomic E-state index is 6.14. The van der Waals surface area contributed by atoms with Gasteiger partial charge in [0.25, 0.3) is 0 Å². The molecule has 2 aromatic rings. The lowest BCUT2D eigenvalue weighted by Crippen LogP contribution is -2.28. The number of nitrogens with two attached hydrogens (primary N) is 1. The number of nitrogens with zero attached hydrogens (tertiary/aromatic N) is 1. The molecule has 0 spiro atoms. The molecule has 1 unspecified atom stereocenters. The fourth-order valence-corrected chi connectivity index (χ4v) is 3.14. The molecule has 1 aliphatic heterocycles. The topological polar surface area (TPSA) is 57.4 Å². The second-order valence-corrected chi connectivity index (χ2v) is 5.81. The largest absolute Gasteiger partial charge is 0.350 e. The van der Waals surface area contributed by atoms with E-state index in [2.05, 4.69) is 22.5 Å². The summed E-state index contributed by atoms with van der Waals surface area (Å²) in [4.78, 5) is 4.65. The van der Waals surface area contributed by atoms with Gasteiger partial charge in [-0.15, -0.1) is 11.3 Å². The average Bonchev–Trinajstić information content (AvgIpc) is 3.11. The highest BCUT2D eigenvalue weighted by Crippen LogP contribution is 2.23. The van der Waals surface area contributed by atoms with E-state index >= 15 is 0 Å². The van der Waals surface area contributed by atoms with Crippen molar-refractivity contribution in [3.63, 3.8) is 0 Å². The number of benzene rings is 1. The minimum absolute atomic E-state index is 0.0212. The van der Waals surface area contributed by atoms with Crippen LogP contribution in [0.1, 0.15) is 11.4 Å². The molecule has 1 aromatic carbocycles. The van der Waals surface area contributed by atoms with Gasteiger partial charge in [0.15, 0.2) is 6.29 Å². The lowest BCUT2D eigenvalue weighted by molar-refractivity contribution is -0.0504. The Kier molecular flexibility index (Phi) is 4.42. The zero-order valence-electron chi connectivity index (χ0n) is 11.2. The number of rotatable bonds is 5. The van der Waals surface area contributed by atoms with E-state index in [1.165, 1.54) is 0 Å². The summed E-state index contributed by atoms with van der Waals surface area (Å²) in [5.74, 6) is 0. The minimum Gasteiger partial charge on any atom is -0.350 e. The van der Waals surface area contributed by atoms with Gasteiger partial charge in [-0.25, -0.2) is 4.98 Å². The summed E-state index contributed by atoms with van der Waals surface area (Å²) in [5, 5.41) is 3.15. The highest BCUT2D eigenvalue weighted by molar-refractivity contribution is 7.09. The fourth-order valence-electron chi connectivity index (χ4n) is 2.24. The molecule has 1 aromatic heterocycles. The molecule has 0 saturated carbocycles. The van der Waals surface area contributed by atoms with Gasteiger partial charge < -0.3 is 15.2 Å². The maximum Gasteiger partial charge on any atom is 0.159 e. The normalized spacial score (nSPS) is 17.4. The Morgan fingerprint density at radius 3 is 2.75 bits per heavy atom. The van der Waals surface area contributed by atoms with Crippen LogP contribution < -0.4 is 5.73 Å². The van der Waals surface area contributed by atoms with E-state index < -0.39 is 0 Å². The van der Waals surface area contributed by atoms with Crippen LogP contribution in [-0.2, 0) is 15.9 Å². The van der Waals surface area contributed by atoms with Crippen molar-refractivity contribution in [2.24, 2.45) is 5.73 Å². The first-order valence-corrected chi connectivity index (χ1v) is 7.68. The lowest BCUT2D eigenvalue weighted by Gasteiger charge is -2.14. The summed E-state index contributed by atoms with van der Waals surface area (Å²) in [6.45, 7) is 1.35. The van der Waals surface area contributed by atoms with Crippen LogP contribution in [0.2, 0.25) is 0 Å². The molecule has 1 saturated heterocycles. The van der Waals surface area contributed by atoms with Crippen molar-refractivity contribution >= 4 is 11.3 Å². The molecular weight excluding hydrogens is 272 g/mol. The Hall–Kier alpha value is -1.27. The molecule has 2 heterocycles. The van der Waals surface area contributed by atoms with Gasteiger partial charge in [0, 0.05) is 29.8 Å². The fraction of sp³-hybridized carbons (Fsp3) is 0.400. The molecule has 2 N–H and O–H groups in total. The van der Waals surface area contributed by atoms with Crippen molar-refractivity contribution in [3.05, 3.63) is 40.7 Å². The van der Waals surface area contributed by atoms with Gasteiger partial charge in [0.1, 0.15) is 0 Å². The monoisotopic (exact) mass is 290 g/mol. The quantitative estimate of drug-likeness (QED) is 0.919. The van der Waals surface area contributed by atoms with Gasteiger partial charge in [0.2, 0.25) is 0 Å². The van der Waals surface area contributed by atoms with Crippen LogP contribution in [-0.4, -0.2) is 30.5 Å². The first-order chi connectivity index (χ1) is 9.81.